The monoisotopic (exact) mass is 965 g/mol. The van der Waals surface area contributed by atoms with Gasteiger partial charge in [0.05, 0.1) is 5.69 Å². The molecular weight excluding hydrogens is 880 g/mol. The second kappa shape index (κ2) is 16.0. The van der Waals surface area contributed by atoms with Crippen LogP contribution in [0.1, 0.15) is 201 Å². The van der Waals surface area contributed by atoms with Crippen LogP contribution in [0, 0.1) is 17.8 Å². The molecule has 3 heteroatoms. The molecule has 4 fully saturated rings. The van der Waals surface area contributed by atoms with E-state index in [4.69, 9.17) is 0 Å². The molecule has 0 spiro atoms. The van der Waals surface area contributed by atoms with Crippen LogP contribution in [0.15, 0.2) is 109 Å². The molecule has 13 rings (SSSR count). The Kier molecular flexibility index (Phi) is 10.7. The van der Waals surface area contributed by atoms with E-state index in [0.29, 0.717) is 0 Å². The molecule has 378 valence electrons. The first-order chi connectivity index (χ1) is 34.1. The van der Waals surface area contributed by atoms with Gasteiger partial charge in [-0.15, -0.1) is 0 Å². The third-order valence-corrected chi connectivity index (χ3v) is 19.7. The molecule has 0 amide bonds. The van der Waals surface area contributed by atoms with Gasteiger partial charge < -0.3 is 9.80 Å². The summed E-state index contributed by atoms with van der Waals surface area (Å²) >= 11 is 0. The van der Waals surface area contributed by atoms with Gasteiger partial charge in [0.15, 0.2) is 0 Å². The minimum absolute atomic E-state index is 0.0122. The quantitative estimate of drug-likeness (QED) is 0.162. The lowest BCUT2D eigenvalue weighted by atomic mass is 9.33. The largest absolute Gasteiger partial charge is 0.311 e. The van der Waals surface area contributed by atoms with E-state index >= 15 is 0 Å². The second-order valence-corrected chi connectivity index (χ2v) is 30.1. The number of rotatable bonds is 4. The molecule has 7 aliphatic rings. The van der Waals surface area contributed by atoms with Crippen molar-refractivity contribution < 1.29 is 0 Å². The van der Waals surface area contributed by atoms with Gasteiger partial charge in [0.2, 0.25) is 0 Å². The van der Waals surface area contributed by atoms with Crippen LogP contribution in [-0.4, -0.2) is 6.71 Å². The summed E-state index contributed by atoms with van der Waals surface area (Å²) in [4.78, 5) is 5.51. The zero-order chi connectivity index (χ0) is 51.7. The zero-order valence-electron chi connectivity index (χ0n) is 47.8. The number of nitrogens with zero attached hydrogens (tertiary/aromatic N) is 2. The summed E-state index contributed by atoms with van der Waals surface area (Å²) in [6.07, 6.45) is 10.7. The summed E-state index contributed by atoms with van der Waals surface area (Å²) in [6, 6.07) is 45.5. The Bertz CT molecular complexity index is 3170. The van der Waals surface area contributed by atoms with Gasteiger partial charge in [-0.1, -0.05) is 171 Å². The zero-order valence-corrected chi connectivity index (χ0v) is 47.8. The molecule has 0 saturated heterocycles. The number of fused-ring (bicyclic) bond motifs is 5. The van der Waals surface area contributed by atoms with Crippen LogP contribution in [0.4, 0.5) is 34.1 Å². The predicted octanol–water partition coefficient (Wildman–Crippen LogP) is 17.4. The maximum atomic E-state index is 2.81. The van der Waals surface area contributed by atoms with Gasteiger partial charge in [-0.25, -0.2) is 0 Å². The van der Waals surface area contributed by atoms with Crippen LogP contribution >= 0.6 is 0 Å². The molecule has 5 aliphatic carbocycles. The first-order valence-electron chi connectivity index (χ1n) is 28.6. The van der Waals surface area contributed by atoms with Crippen LogP contribution in [0.2, 0.25) is 0 Å². The van der Waals surface area contributed by atoms with Crippen LogP contribution < -0.4 is 26.2 Å². The number of benzene rings is 6. The molecule has 6 aromatic carbocycles. The summed E-state index contributed by atoms with van der Waals surface area (Å²) in [5.41, 5.74) is 25.4. The lowest BCUT2D eigenvalue weighted by Crippen LogP contribution is -2.62. The lowest BCUT2D eigenvalue weighted by molar-refractivity contribution is -0.00514. The van der Waals surface area contributed by atoms with Crippen molar-refractivity contribution in [3.63, 3.8) is 0 Å². The molecule has 4 saturated carbocycles. The minimum Gasteiger partial charge on any atom is -0.311 e. The Labute approximate surface area is 441 Å². The lowest BCUT2D eigenvalue weighted by Gasteiger charge is -2.57. The maximum Gasteiger partial charge on any atom is 0.252 e. The van der Waals surface area contributed by atoms with E-state index < -0.39 is 0 Å². The van der Waals surface area contributed by atoms with Gasteiger partial charge in [0, 0.05) is 34.0 Å². The van der Waals surface area contributed by atoms with E-state index in [9.17, 15) is 0 Å². The van der Waals surface area contributed by atoms with Gasteiger partial charge in [0.25, 0.3) is 6.71 Å². The van der Waals surface area contributed by atoms with Crippen LogP contribution in [0.25, 0.3) is 11.1 Å². The smallest absolute Gasteiger partial charge is 0.252 e. The molecule has 2 heterocycles. The van der Waals surface area contributed by atoms with Crippen molar-refractivity contribution in [1.29, 1.82) is 0 Å². The molecule has 0 radical (unpaired) electrons. The standard InChI is InChI=1S/C70H85BN2/c1-64(2,3)47-18-23-52(24-19-47)72-59-28-22-49(66(7,8)9)36-57(59)71-56-26-20-50(67(10,11)12)37-60(56)73(62-39-51(38-61(72)63(62)71)70-40-43-31-44(41-70)33-45(32-43)42-70)58-27-21-48(65(4,5)6)35-53(58)46-17-25-54-55(34-46)69(15,16)30-29-68(54,13)14/h17-28,34-39,43-45H,29-33,40-42H2,1-16H3. The summed E-state index contributed by atoms with van der Waals surface area (Å²) in [7, 11) is 0. The average molecular weight is 965 g/mol. The predicted molar refractivity (Wildman–Crippen MR) is 316 cm³/mol. The SMILES string of the molecule is CC(C)(C)c1ccc(N2c3ccc(C(C)(C)C)cc3B3c4ccc(C(C)(C)C)cc4N(c4ccc(C(C)(C)C)cc4-c4ccc5c(c4)C(C)(C)CCC5(C)C)c4cc(C56CC7CC(CC(C7)C5)C6)cc2c43)cc1. The normalized spacial score (nSPS) is 23.5. The highest BCUT2D eigenvalue weighted by Gasteiger charge is 2.53. The van der Waals surface area contributed by atoms with Crippen LogP contribution in [0.3, 0.4) is 0 Å². The fraction of sp³-hybridized carbons (Fsp3) is 0.486. The van der Waals surface area contributed by atoms with Crippen molar-refractivity contribution in [2.24, 2.45) is 17.8 Å². The van der Waals surface area contributed by atoms with E-state index in [1.54, 1.807) is 5.56 Å². The molecule has 6 aromatic rings. The molecule has 4 bridgehead atoms. The summed E-state index contributed by atoms with van der Waals surface area (Å²) in [5, 5.41) is 0. The summed E-state index contributed by atoms with van der Waals surface area (Å²) in [6.45, 7) is 38.5. The molecular formula is C70H85BN2. The van der Waals surface area contributed by atoms with Gasteiger partial charge in [-0.2, -0.15) is 0 Å². The summed E-state index contributed by atoms with van der Waals surface area (Å²) < 4.78 is 0. The highest BCUT2D eigenvalue weighted by atomic mass is 15.2. The maximum absolute atomic E-state index is 2.81. The van der Waals surface area contributed by atoms with E-state index in [1.807, 2.05) is 0 Å². The topological polar surface area (TPSA) is 6.48 Å². The van der Waals surface area contributed by atoms with Crippen molar-refractivity contribution in [2.45, 2.75) is 200 Å². The van der Waals surface area contributed by atoms with E-state index in [1.165, 1.54) is 146 Å². The Balaban J connectivity index is 1.20. The first kappa shape index (κ1) is 48.9. The van der Waals surface area contributed by atoms with Crippen molar-refractivity contribution >= 4 is 57.2 Å². The second-order valence-electron chi connectivity index (χ2n) is 30.1. The Morgan fingerprint density at radius 2 is 0.918 bits per heavy atom. The third kappa shape index (κ3) is 7.92. The third-order valence-electron chi connectivity index (χ3n) is 19.7. The minimum atomic E-state index is -0.0388. The highest BCUT2D eigenvalue weighted by molar-refractivity contribution is 7.00. The van der Waals surface area contributed by atoms with E-state index in [2.05, 4.69) is 230 Å². The molecule has 0 N–H and O–H groups in total. The molecule has 2 aliphatic heterocycles. The number of hydrogen-bond acceptors (Lipinski definition) is 2. The number of hydrogen-bond donors (Lipinski definition) is 0. The Hall–Kier alpha value is -5.02. The molecule has 0 unspecified atom stereocenters. The Morgan fingerprint density at radius 1 is 0.425 bits per heavy atom. The molecule has 0 aromatic heterocycles. The Morgan fingerprint density at radius 3 is 1.49 bits per heavy atom. The first-order valence-corrected chi connectivity index (χ1v) is 28.6. The van der Waals surface area contributed by atoms with Gasteiger partial charge in [-0.05, 0) is 216 Å². The van der Waals surface area contributed by atoms with Crippen molar-refractivity contribution in [2.75, 3.05) is 9.80 Å². The van der Waals surface area contributed by atoms with Crippen LogP contribution in [-0.2, 0) is 37.9 Å². The van der Waals surface area contributed by atoms with Crippen molar-refractivity contribution in [3.8, 4) is 11.1 Å². The van der Waals surface area contributed by atoms with E-state index in [0.717, 1.165) is 17.8 Å². The summed E-state index contributed by atoms with van der Waals surface area (Å²) in [5.74, 6) is 2.51. The van der Waals surface area contributed by atoms with Gasteiger partial charge in [0.1, 0.15) is 0 Å². The van der Waals surface area contributed by atoms with E-state index in [-0.39, 0.29) is 44.6 Å². The molecule has 0 atom stereocenters. The van der Waals surface area contributed by atoms with Crippen molar-refractivity contribution in [1.82, 2.24) is 0 Å². The van der Waals surface area contributed by atoms with Crippen molar-refractivity contribution in [3.05, 3.63) is 148 Å². The van der Waals surface area contributed by atoms with Gasteiger partial charge >= 0.3 is 0 Å². The van der Waals surface area contributed by atoms with Gasteiger partial charge in [-0.3, -0.25) is 0 Å². The average Bonchev–Trinajstić information content (AvgIpc) is 3.30. The number of anilines is 6. The fourth-order valence-electron chi connectivity index (χ4n) is 15.5. The molecule has 2 nitrogen and oxygen atoms in total. The van der Waals surface area contributed by atoms with Crippen LogP contribution in [0.5, 0.6) is 0 Å². The fourth-order valence-corrected chi connectivity index (χ4v) is 15.5. The molecule has 73 heavy (non-hydrogen) atoms. The highest BCUT2D eigenvalue weighted by Crippen LogP contribution is 2.62.